The lowest BCUT2D eigenvalue weighted by atomic mass is 9.79. The van der Waals surface area contributed by atoms with Crippen molar-refractivity contribution < 1.29 is 28.5 Å². The summed E-state index contributed by atoms with van der Waals surface area (Å²) >= 11 is 0. The Hall–Kier alpha value is -4.98. The Bertz CT molecular complexity index is 2120. The van der Waals surface area contributed by atoms with E-state index in [0.29, 0.717) is 50.4 Å². The zero-order valence-corrected chi connectivity index (χ0v) is 43.0. The molecule has 2 amide bonds. The maximum Gasteiger partial charge on any atom is 0.258 e. The average molecular weight is 901 g/mol. The van der Waals surface area contributed by atoms with E-state index in [9.17, 15) is 9.59 Å². The molecule has 1 aliphatic carbocycles. The van der Waals surface area contributed by atoms with Gasteiger partial charge < -0.3 is 29.6 Å². The van der Waals surface area contributed by atoms with E-state index in [0.717, 1.165) is 81.7 Å². The number of rotatable bonds is 8. The smallest absolute Gasteiger partial charge is 0.258 e. The highest BCUT2D eigenvalue weighted by Crippen LogP contribution is 2.44. The molecule has 8 nitrogen and oxygen atoms in total. The Kier molecular flexibility index (Phi) is 15.7. The van der Waals surface area contributed by atoms with Crippen LogP contribution in [0.2, 0.25) is 0 Å². The first-order valence-electron chi connectivity index (χ1n) is 24.7. The van der Waals surface area contributed by atoms with Gasteiger partial charge in [0.05, 0.1) is 13.2 Å². The van der Waals surface area contributed by atoms with Gasteiger partial charge in [0.25, 0.3) is 11.8 Å². The zero-order chi connectivity index (χ0) is 48.2. The van der Waals surface area contributed by atoms with Gasteiger partial charge in [0.15, 0.2) is 13.2 Å². The Balaban J connectivity index is 1.83. The van der Waals surface area contributed by atoms with E-state index in [1.807, 2.05) is 0 Å². The van der Waals surface area contributed by atoms with Gasteiger partial charge in [-0.3, -0.25) is 9.59 Å². The molecule has 1 heterocycles. The molecule has 0 radical (unpaired) electrons. The summed E-state index contributed by atoms with van der Waals surface area (Å²) in [7, 11) is 0. The van der Waals surface area contributed by atoms with Crippen LogP contribution in [-0.4, -0.2) is 51.3 Å². The molecule has 66 heavy (non-hydrogen) atoms. The first kappa shape index (κ1) is 50.4. The highest BCUT2D eigenvalue weighted by molar-refractivity contribution is 5.79. The topological polar surface area (TPSA) is 95.1 Å². The molecule has 2 aliphatic rings. The number of nitrogens with one attached hydrogen (secondary N) is 2. The number of carbonyl (C=O) groups excluding carboxylic acids is 2. The van der Waals surface area contributed by atoms with Crippen molar-refractivity contribution in [2.24, 2.45) is 0 Å². The van der Waals surface area contributed by atoms with Crippen molar-refractivity contribution in [3.05, 3.63) is 115 Å². The zero-order valence-electron chi connectivity index (χ0n) is 43.0. The molecule has 6 rings (SSSR count). The lowest BCUT2D eigenvalue weighted by Crippen LogP contribution is -2.38. The van der Waals surface area contributed by atoms with Crippen LogP contribution in [-0.2, 0) is 56.9 Å². The number of amides is 2. The Morgan fingerprint density at radius 1 is 0.439 bits per heavy atom. The highest BCUT2D eigenvalue weighted by atomic mass is 16.5. The van der Waals surface area contributed by atoms with Crippen molar-refractivity contribution in [3.63, 3.8) is 0 Å². The van der Waals surface area contributed by atoms with Crippen LogP contribution < -0.4 is 29.6 Å². The maximum atomic E-state index is 13.6. The second-order valence-corrected chi connectivity index (χ2v) is 22.9. The van der Waals surface area contributed by atoms with E-state index >= 15 is 0 Å². The SMILES string of the molecule is CCCCOc1c2cc(C(C)(C)C)cc1Cc1cc(C(C)(C)C)cc3c1OCC(=O)NCCNC(=O)COc1c(cc(C(C)(C)C)cc1Cc1cc(C(C)(C)C)cc(c1OCCCC)C3)C2. The van der Waals surface area contributed by atoms with Crippen molar-refractivity contribution in [1.82, 2.24) is 10.6 Å². The minimum absolute atomic E-state index is 0.181. The van der Waals surface area contributed by atoms with Crippen LogP contribution in [0.25, 0.3) is 0 Å². The Morgan fingerprint density at radius 3 is 0.939 bits per heavy atom. The number of fused-ring (bicyclic) bond motifs is 2. The summed E-state index contributed by atoms with van der Waals surface area (Å²) in [5, 5.41) is 5.95. The van der Waals surface area contributed by atoms with Crippen molar-refractivity contribution in [2.75, 3.05) is 39.5 Å². The van der Waals surface area contributed by atoms with Gasteiger partial charge in [-0.05, 0) is 101 Å². The second-order valence-electron chi connectivity index (χ2n) is 22.9. The van der Waals surface area contributed by atoms with Crippen molar-refractivity contribution >= 4 is 11.8 Å². The van der Waals surface area contributed by atoms with Gasteiger partial charge in [-0.25, -0.2) is 0 Å². The van der Waals surface area contributed by atoms with Gasteiger partial charge in [0.2, 0.25) is 0 Å². The number of benzene rings is 4. The van der Waals surface area contributed by atoms with Crippen LogP contribution >= 0.6 is 0 Å². The van der Waals surface area contributed by atoms with E-state index < -0.39 is 0 Å². The molecule has 0 saturated carbocycles. The van der Waals surface area contributed by atoms with Crippen LogP contribution in [0.5, 0.6) is 23.0 Å². The molecule has 8 heteroatoms. The summed E-state index contributed by atoms with van der Waals surface area (Å²) in [5.74, 6) is 2.62. The summed E-state index contributed by atoms with van der Waals surface area (Å²) in [6.45, 7) is 32.8. The predicted octanol–water partition coefficient (Wildman–Crippen LogP) is 11.9. The predicted molar refractivity (Wildman–Crippen MR) is 270 cm³/mol. The summed E-state index contributed by atoms with van der Waals surface area (Å²) in [5.41, 5.74) is 12.3. The van der Waals surface area contributed by atoms with Crippen LogP contribution in [0.4, 0.5) is 0 Å². The van der Waals surface area contributed by atoms with Gasteiger partial charge >= 0.3 is 0 Å². The van der Waals surface area contributed by atoms with Gasteiger partial charge in [-0.15, -0.1) is 0 Å². The molecule has 1 aliphatic heterocycles. The minimum Gasteiger partial charge on any atom is -0.493 e. The van der Waals surface area contributed by atoms with E-state index in [1.165, 1.54) is 22.3 Å². The van der Waals surface area contributed by atoms with Crippen LogP contribution in [0.1, 0.15) is 189 Å². The minimum atomic E-state index is -0.262. The average Bonchev–Trinajstić information content (AvgIpc) is 3.21. The molecule has 0 spiro atoms. The fraction of sp³-hybridized carbons (Fsp3) is 0.552. The normalized spacial score (nSPS) is 15.2. The summed E-state index contributed by atoms with van der Waals surface area (Å²) in [4.78, 5) is 27.3. The van der Waals surface area contributed by atoms with Gasteiger partial charge in [-0.1, -0.05) is 158 Å². The number of unbranched alkanes of at least 4 members (excludes halogenated alkanes) is 2. The molecule has 4 aromatic rings. The first-order chi connectivity index (χ1) is 31.0. The summed E-state index contributed by atoms with van der Waals surface area (Å²) < 4.78 is 27.7. The maximum absolute atomic E-state index is 13.6. The molecular formula is C58H80N2O6. The molecule has 0 aromatic heterocycles. The van der Waals surface area contributed by atoms with Crippen molar-refractivity contribution in [2.45, 2.75) is 170 Å². The lowest BCUT2D eigenvalue weighted by Gasteiger charge is -2.29. The fourth-order valence-corrected chi connectivity index (χ4v) is 8.78. The third-order valence-corrected chi connectivity index (χ3v) is 12.9. The molecule has 0 fully saturated rings. The molecular weight excluding hydrogens is 821 g/mol. The van der Waals surface area contributed by atoms with Gasteiger partial charge in [-0.2, -0.15) is 0 Å². The molecule has 2 N–H and O–H groups in total. The number of ether oxygens (including phenoxy) is 4. The monoisotopic (exact) mass is 901 g/mol. The van der Waals surface area contributed by atoms with Crippen LogP contribution in [0, 0.1) is 0 Å². The van der Waals surface area contributed by atoms with E-state index in [4.69, 9.17) is 18.9 Å². The number of hydrogen-bond acceptors (Lipinski definition) is 6. The lowest BCUT2D eigenvalue weighted by molar-refractivity contribution is -0.124. The second kappa shape index (κ2) is 20.5. The van der Waals surface area contributed by atoms with Crippen LogP contribution in [0.3, 0.4) is 0 Å². The molecule has 0 saturated heterocycles. The molecule has 4 aromatic carbocycles. The standard InChI is InChI=1S/C58H80N2O6/c1-15-17-21-63-51-37-23-41-31-47(57(9,10)11)33-43-25-39-29-46(56(6,7)8)30-40(52(39)64-22-18-16-2)26-44-34-48(58(12,13)14)32-42(24-38(51)28-45(27-37)55(3,4)5)54(44)66-36-50(62)60-20-19-59-49(61)35-65-53(41)43/h27-34H,15-26,35-36H2,1-14H3,(H,59,61)(H,60,62). The Morgan fingerprint density at radius 2 is 0.697 bits per heavy atom. The molecule has 10 bridgehead atoms. The summed E-state index contributed by atoms with van der Waals surface area (Å²) in [6, 6.07) is 18.5. The van der Waals surface area contributed by atoms with E-state index in [1.54, 1.807) is 0 Å². The summed E-state index contributed by atoms with van der Waals surface area (Å²) in [6.07, 6.45) is 5.92. The third-order valence-electron chi connectivity index (χ3n) is 12.9. The highest BCUT2D eigenvalue weighted by Gasteiger charge is 2.30. The van der Waals surface area contributed by atoms with E-state index in [2.05, 4.69) is 156 Å². The number of hydrogen-bond donors (Lipinski definition) is 2. The van der Waals surface area contributed by atoms with E-state index in [-0.39, 0.29) is 59.8 Å². The quantitative estimate of drug-likeness (QED) is 0.151. The van der Waals surface area contributed by atoms with Crippen LogP contribution in [0.15, 0.2) is 48.5 Å². The third kappa shape index (κ3) is 12.5. The first-order valence-corrected chi connectivity index (χ1v) is 24.7. The Labute approximate surface area is 397 Å². The molecule has 0 atom stereocenters. The van der Waals surface area contributed by atoms with Crippen molar-refractivity contribution in [1.29, 1.82) is 0 Å². The largest absolute Gasteiger partial charge is 0.493 e. The van der Waals surface area contributed by atoms with Gasteiger partial charge in [0, 0.05) is 38.8 Å². The van der Waals surface area contributed by atoms with Gasteiger partial charge in [0.1, 0.15) is 23.0 Å². The van der Waals surface area contributed by atoms with Crippen molar-refractivity contribution in [3.8, 4) is 23.0 Å². The fourth-order valence-electron chi connectivity index (χ4n) is 8.78. The molecule has 0 unspecified atom stereocenters. The number of carbonyl (C=O) groups is 2. The molecule has 358 valence electrons.